The van der Waals surface area contributed by atoms with Crippen molar-refractivity contribution in [1.29, 1.82) is 0 Å². The van der Waals surface area contributed by atoms with Gasteiger partial charge in [0.15, 0.2) is 5.82 Å². The molecule has 1 aromatic heterocycles. The van der Waals surface area contributed by atoms with Crippen LogP contribution in [0.4, 0.5) is 11.5 Å². The van der Waals surface area contributed by atoms with Crippen LogP contribution in [0.1, 0.15) is 57.3 Å². The largest absolute Gasteiger partial charge is 0.491 e. The molecule has 2 N–H and O–H groups in total. The van der Waals surface area contributed by atoms with Crippen molar-refractivity contribution in [1.82, 2.24) is 19.6 Å². The van der Waals surface area contributed by atoms with Crippen molar-refractivity contribution in [3.8, 4) is 11.5 Å². The summed E-state index contributed by atoms with van der Waals surface area (Å²) in [6.45, 7) is 6.02. The fourth-order valence-corrected chi connectivity index (χ4v) is 6.51. The van der Waals surface area contributed by atoms with E-state index in [0.29, 0.717) is 23.8 Å². The first-order valence-electron chi connectivity index (χ1n) is 14.2. The lowest BCUT2D eigenvalue weighted by atomic mass is 9.94. The standard InChI is InChI=1S/C30H38ClN5O4S/c1-20(2)39-27-18-24(40-23-13-15-36(3)16-14-23)12-11-21(27)17-29-32-19-25(31)30(34-29)33-26-9-4-5-10-28(26)41(37,38)35-22-7-6-8-22/h4-5,9-12,18-20,22-23,35H,6-8,13-17H2,1-3H3,(H,32,33,34). The van der Waals surface area contributed by atoms with E-state index in [0.717, 1.165) is 62.3 Å². The lowest BCUT2D eigenvalue weighted by Crippen LogP contribution is -2.39. The van der Waals surface area contributed by atoms with Gasteiger partial charge >= 0.3 is 0 Å². The number of halogens is 1. The summed E-state index contributed by atoms with van der Waals surface area (Å²) in [5.41, 5.74) is 1.31. The average Bonchev–Trinajstić information content (AvgIpc) is 2.91. The molecule has 0 bridgehead atoms. The molecule has 1 aliphatic carbocycles. The van der Waals surface area contributed by atoms with Crippen LogP contribution in [0.3, 0.4) is 0 Å². The molecule has 5 rings (SSSR count). The van der Waals surface area contributed by atoms with Crippen LogP contribution in [-0.4, -0.2) is 61.7 Å². The fraction of sp³-hybridized carbons (Fsp3) is 0.467. The maximum absolute atomic E-state index is 13.1. The van der Waals surface area contributed by atoms with Crippen LogP contribution in [0.15, 0.2) is 53.6 Å². The molecular formula is C30H38ClN5O4S. The summed E-state index contributed by atoms with van der Waals surface area (Å²) in [6.07, 6.45) is 6.80. The summed E-state index contributed by atoms with van der Waals surface area (Å²) in [4.78, 5) is 11.6. The third-order valence-electron chi connectivity index (χ3n) is 7.37. The Bertz CT molecular complexity index is 1460. The van der Waals surface area contributed by atoms with Crippen molar-refractivity contribution in [3.63, 3.8) is 0 Å². The zero-order valence-electron chi connectivity index (χ0n) is 23.8. The van der Waals surface area contributed by atoms with E-state index in [9.17, 15) is 8.42 Å². The predicted molar refractivity (Wildman–Crippen MR) is 161 cm³/mol. The summed E-state index contributed by atoms with van der Waals surface area (Å²) in [5.74, 6) is 2.35. The second-order valence-electron chi connectivity index (χ2n) is 11.1. The lowest BCUT2D eigenvalue weighted by Gasteiger charge is -2.29. The number of hydrogen-bond donors (Lipinski definition) is 2. The topological polar surface area (TPSA) is 106 Å². The highest BCUT2D eigenvalue weighted by atomic mass is 35.5. The van der Waals surface area contributed by atoms with Crippen molar-refractivity contribution < 1.29 is 17.9 Å². The van der Waals surface area contributed by atoms with Gasteiger partial charge in [0, 0.05) is 37.2 Å². The van der Waals surface area contributed by atoms with Crippen LogP contribution in [-0.2, 0) is 16.4 Å². The van der Waals surface area contributed by atoms with Crippen LogP contribution >= 0.6 is 11.6 Å². The molecular weight excluding hydrogens is 562 g/mol. The van der Waals surface area contributed by atoms with E-state index < -0.39 is 10.0 Å². The van der Waals surface area contributed by atoms with Gasteiger partial charge in [-0.2, -0.15) is 0 Å². The van der Waals surface area contributed by atoms with E-state index in [1.54, 1.807) is 24.3 Å². The Morgan fingerprint density at radius 1 is 1.10 bits per heavy atom. The number of anilines is 2. The molecule has 1 saturated carbocycles. The average molecular weight is 600 g/mol. The van der Waals surface area contributed by atoms with Gasteiger partial charge in [-0.15, -0.1) is 0 Å². The van der Waals surface area contributed by atoms with Crippen LogP contribution in [0.2, 0.25) is 5.02 Å². The van der Waals surface area contributed by atoms with Gasteiger partial charge in [-0.25, -0.2) is 23.1 Å². The molecule has 9 nitrogen and oxygen atoms in total. The zero-order chi connectivity index (χ0) is 29.0. The quantitative estimate of drug-likeness (QED) is 0.295. The first-order chi connectivity index (χ1) is 19.7. The minimum Gasteiger partial charge on any atom is -0.491 e. The summed E-state index contributed by atoms with van der Waals surface area (Å²) in [7, 11) is -1.57. The molecule has 3 aromatic rings. The Labute approximate surface area is 247 Å². The zero-order valence-corrected chi connectivity index (χ0v) is 25.3. The monoisotopic (exact) mass is 599 g/mol. The van der Waals surface area contributed by atoms with Gasteiger partial charge in [0.1, 0.15) is 33.3 Å². The molecule has 2 fully saturated rings. The second-order valence-corrected chi connectivity index (χ2v) is 13.2. The maximum Gasteiger partial charge on any atom is 0.242 e. The molecule has 1 aliphatic heterocycles. The molecule has 0 spiro atoms. The SMILES string of the molecule is CC(C)Oc1cc(OC2CCN(C)CC2)ccc1Cc1ncc(Cl)c(Nc2ccccc2S(=O)(=O)NC2CCC2)n1. The van der Waals surface area contributed by atoms with Crippen LogP contribution in [0.5, 0.6) is 11.5 Å². The van der Waals surface area contributed by atoms with Crippen molar-refractivity contribution in [2.75, 3.05) is 25.5 Å². The summed E-state index contributed by atoms with van der Waals surface area (Å²) in [5, 5.41) is 3.42. The summed E-state index contributed by atoms with van der Waals surface area (Å²) in [6, 6.07) is 12.6. The normalized spacial score (nSPS) is 16.9. The number of benzene rings is 2. The molecule has 11 heteroatoms. The van der Waals surface area contributed by atoms with Gasteiger partial charge in [0.25, 0.3) is 0 Å². The second kappa shape index (κ2) is 12.9. The van der Waals surface area contributed by atoms with Crippen LogP contribution in [0, 0.1) is 0 Å². The first kappa shape index (κ1) is 29.6. The highest BCUT2D eigenvalue weighted by molar-refractivity contribution is 7.89. The number of nitrogens with one attached hydrogen (secondary N) is 2. The Hall–Kier alpha value is -2.92. The molecule has 0 amide bonds. The number of rotatable bonds is 11. The maximum atomic E-state index is 13.1. The van der Waals surface area contributed by atoms with Crippen LogP contribution < -0.4 is 19.5 Å². The van der Waals surface area contributed by atoms with Gasteiger partial charge in [-0.3, -0.25) is 0 Å². The molecule has 2 heterocycles. The van der Waals surface area contributed by atoms with Gasteiger partial charge in [0.2, 0.25) is 10.0 Å². The van der Waals surface area contributed by atoms with E-state index in [-0.39, 0.29) is 28.2 Å². The third-order valence-corrected chi connectivity index (χ3v) is 9.22. The van der Waals surface area contributed by atoms with Crippen molar-refractivity contribution in [3.05, 3.63) is 65.1 Å². The van der Waals surface area contributed by atoms with E-state index in [1.807, 2.05) is 32.0 Å². The van der Waals surface area contributed by atoms with Gasteiger partial charge < -0.3 is 19.7 Å². The number of ether oxygens (including phenoxy) is 2. The summed E-state index contributed by atoms with van der Waals surface area (Å²) < 4.78 is 41.4. The number of sulfonamides is 1. The number of piperidine rings is 1. The van der Waals surface area contributed by atoms with E-state index in [4.69, 9.17) is 21.1 Å². The smallest absolute Gasteiger partial charge is 0.242 e. The Morgan fingerprint density at radius 2 is 1.85 bits per heavy atom. The number of hydrogen-bond acceptors (Lipinski definition) is 8. The van der Waals surface area contributed by atoms with E-state index >= 15 is 0 Å². The van der Waals surface area contributed by atoms with E-state index in [2.05, 4.69) is 32.0 Å². The molecule has 0 radical (unpaired) electrons. The van der Waals surface area contributed by atoms with Crippen molar-refractivity contribution in [2.24, 2.45) is 0 Å². The lowest BCUT2D eigenvalue weighted by molar-refractivity contribution is 0.114. The molecule has 220 valence electrons. The Morgan fingerprint density at radius 3 is 2.56 bits per heavy atom. The molecule has 2 aliphatic rings. The number of para-hydroxylation sites is 1. The number of aromatic nitrogens is 2. The highest BCUT2D eigenvalue weighted by Gasteiger charge is 2.27. The molecule has 2 aromatic carbocycles. The van der Waals surface area contributed by atoms with Crippen molar-refractivity contribution >= 4 is 33.1 Å². The van der Waals surface area contributed by atoms with Gasteiger partial charge in [-0.05, 0) is 64.8 Å². The Kier molecular flexibility index (Phi) is 9.33. The third kappa shape index (κ3) is 7.68. The first-order valence-corrected chi connectivity index (χ1v) is 16.1. The fourth-order valence-electron chi connectivity index (χ4n) is 4.90. The Balaban J connectivity index is 1.35. The van der Waals surface area contributed by atoms with E-state index in [1.165, 1.54) is 6.20 Å². The number of nitrogens with zero attached hydrogens (tertiary/aromatic N) is 3. The van der Waals surface area contributed by atoms with Gasteiger partial charge in [0.05, 0.1) is 18.0 Å². The molecule has 0 unspecified atom stereocenters. The molecule has 1 saturated heterocycles. The highest BCUT2D eigenvalue weighted by Crippen LogP contribution is 2.32. The predicted octanol–water partition coefficient (Wildman–Crippen LogP) is 5.56. The minimum absolute atomic E-state index is 0.0225. The molecule has 41 heavy (non-hydrogen) atoms. The number of likely N-dealkylation sites (tertiary alicyclic amines) is 1. The molecule has 0 atom stereocenters. The van der Waals surface area contributed by atoms with Crippen molar-refractivity contribution in [2.45, 2.75) is 75.5 Å². The van der Waals surface area contributed by atoms with Gasteiger partial charge in [-0.1, -0.05) is 36.2 Å². The van der Waals surface area contributed by atoms with Crippen LogP contribution in [0.25, 0.3) is 0 Å². The summed E-state index contributed by atoms with van der Waals surface area (Å²) >= 11 is 6.46. The minimum atomic E-state index is -3.71.